The van der Waals surface area contributed by atoms with Crippen LogP contribution < -0.4 is 0 Å². The molecule has 3 fully saturated rings. The molecule has 0 aromatic rings. The Bertz CT molecular complexity index is 261. The van der Waals surface area contributed by atoms with Crippen molar-refractivity contribution in [3.63, 3.8) is 0 Å². The largest absolute Gasteiger partial charge is 0.389 e. The van der Waals surface area contributed by atoms with Gasteiger partial charge in [0.2, 0.25) is 0 Å². The molecule has 0 aliphatic heterocycles. The van der Waals surface area contributed by atoms with Gasteiger partial charge in [-0.1, -0.05) is 0 Å². The van der Waals surface area contributed by atoms with Gasteiger partial charge in [0.05, 0.1) is 11.2 Å². The molecule has 2 nitrogen and oxygen atoms in total. The number of aliphatic hydroxyl groups is 1. The lowest BCUT2D eigenvalue weighted by Crippen LogP contribution is -2.44. The van der Waals surface area contributed by atoms with E-state index in [2.05, 4.69) is 0 Å². The van der Waals surface area contributed by atoms with Crippen molar-refractivity contribution in [3.05, 3.63) is 0 Å². The average molecular weight is 182 g/mol. The van der Waals surface area contributed by atoms with Crippen LogP contribution in [0, 0.1) is 11.3 Å². The quantitative estimate of drug-likeness (QED) is 0.669. The van der Waals surface area contributed by atoms with E-state index in [1.165, 1.54) is 19.3 Å². The molecular weight excluding hydrogens is 164 g/mol. The maximum absolute atomic E-state index is 10.4. The first kappa shape index (κ1) is 8.25. The van der Waals surface area contributed by atoms with Gasteiger partial charge in [0.15, 0.2) is 0 Å². The van der Waals surface area contributed by atoms with Gasteiger partial charge < -0.3 is 9.84 Å². The first-order valence-electron chi connectivity index (χ1n) is 5.36. The van der Waals surface area contributed by atoms with Crippen molar-refractivity contribution in [1.29, 1.82) is 0 Å². The van der Waals surface area contributed by atoms with Crippen LogP contribution in [0.2, 0.25) is 0 Å². The molecule has 3 rings (SSSR count). The summed E-state index contributed by atoms with van der Waals surface area (Å²) in [5, 5.41) is 10.4. The van der Waals surface area contributed by atoms with E-state index in [0.29, 0.717) is 0 Å². The molecule has 4 atom stereocenters. The lowest BCUT2D eigenvalue weighted by molar-refractivity contribution is -0.0971. The summed E-state index contributed by atoms with van der Waals surface area (Å²) in [5.74, 6) is 0.755. The van der Waals surface area contributed by atoms with Gasteiger partial charge in [-0.25, -0.2) is 0 Å². The molecule has 3 aliphatic carbocycles. The second-order valence-corrected chi connectivity index (χ2v) is 5.38. The predicted octanol–water partition coefficient (Wildman–Crippen LogP) is 1.72. The summed E-state index contributed by atoms with van der Waals surface area (Å²) in [5.41, 5.74) is -0.264. The summed E-state index contributed by atoms with van der Waals surface area (Å²) in [6.07, 6.45) is 5.63. The number of ether oxygens (including phenoxy) is 1. The molecule has 3 aliphatic rings. The van der Waals surface area contributed by atoms with E-state index in [-0.39, 0.29) is 11.0 Å². The van der Waals surface area contributed by atoms with E-state index in [1.54, 1.807) is 0 Å². The number of rotatable bonds is 1. The van der Waals surface area contributed by atoms with Crippen LogP contribution in [-0.4, -0.2) is 23.4 Å². The van der Waals surface area contributed by atoms with Crippen LogP contribution in [-0.2, 0) is 4.74 Å². The van der Waals surface area contributed by atoms with Crippen molar-refractivity contribution < 1.29 is 9.84 Å². The van der Waals surface area contributed by atoms with Crippen LogP contribution in [0.4, 0.5) is 0 Å². The normalized spacial score (nSPS) is 63.5. The summed E-state index contributed by atoms with van der Waals surface area (Å²) >= 11 is 0. The molecule has 0 amide bonds. The van der Waals surface area contributed by atoms with Gasteiger partial charge in [-0.05, 0) is 44.9 Å². The predicted molar refractivity (Wildman–Crippen MR) is 49.4 cm³/mol. The van der Waals surface area contributed by atoms with E-state index >= 15 is 0 Å². The van der Waals surface area contributed by atoms with Crippen LogP contribution >= 0.6 is 0 Å². The standard InChI is InChI=1S/C11H18O2/c1-9(12)5-6-10(13-2)4-3-8-7-11(8,9)10/h8,12H,3-7H2,1-2H3/t8-,9-,10+,11+/m0/s1. The number of hydrogen-bond acceptors (Lipinski definition) is 2. The minimum atomic E-state index is -0.454. The summed E-state index contributed by atoms with van der Waals surface area (Å²) in [4.78, 5) is 0. The van der Waals surface area contributed by atoms with Crippen molar-refractivity contribution >= 4 is 0 Å². The zero-order valence-corrected chi connectivity index (χ0v) is 8.47. The highest BCUT2D eigenvalue weighted by Gasteiger charge is 2.80. The van der Waals surface area contributed by atoms with Crippen molar-refractivity contribution in [2.75, 3.05) is 7.11 Å². The Morgan fingerprint density at radius 2 is 2.08 bits per heavy atom. The van der Waals surface area contributed by atoms with Crippen LogP contribution in [0.15, 0.2) is 0 Å². The van der Waals surface area contributed by atoms with E-state index in [1.807, 2.05) is 14.0 Å². The fourth-order valence-electron chi connectivity index (χ4n) is 4.42. The molecule has 0 heterocycles. The Labute approximate surface area is 79.3 Å². The first-order chi connectivity index (χ1) is 6.08. The first-order valence-corrected chi connectivity index (χ1v) is 5.36. The summed E-state index contributed by atoms with van der Waals surface area (Å²) in [6.45, 7) is 2.01. The third kappa shape index (κ3) is 0.637. The summed E-state index contributed by atoms with van der Waals surface area (Å²) in [7, 11) is 1.82. The van der Waals surface area contributed by atoms with Gasteiger partial charge in [0.1, 0.15) is 0 Å². The lowest BCUT2D eigenvalue weighted by atomic mass is 9.81. The van der Waals surface area contributed by atoms with Gasteiger partial charge in [-0.3, -0.25) is 0 Å². The molecule has 0 unspecified atom stereocenters. The molecule has 1 N–H and O–H groups in total. The highest BCUT2D eigenvalue weighted by atomic mass is 16.5. The maximum atomic E-state index is 10.4. The molecule has 0 aromatic heterocycles. The molecule has 74 valence electrons. The molecule has 0 radical (unpaired) electrons. The summed E-state index contributed by atoms with van der Waals surface area (Å²) in [6, 6.07) is 0. The molecule has 0 bridgehead atoms. The van der Waals surface area contributed by atoms with Gasteiger partial charge >= 0.3 is 0 Å². The SMILES string of the molecule is CO[C@@]12CC[C@H]3C[C@]31[C@@](C)(O)CC2. The zero-order chi connectivity index (χ0) is 9.32. The van der Waals surface area contributed by atoms with E-state index in [4.69, 9.17) is 4.74 Å². The Hall–Kier alpha value is -0.0800. The molecule has 2 heteroatoms. The van der Waals surface area contributed by atoms with E-state index < -0.39 is 5.60 Å². The monoisotopic (exact) mass is 182 g/mol. The smallest absolute Gasteiger partial charge is 0.0766 e. The Kier molecular flexibility index (Phi) is 1.24. The Balaban J connectivity index is 2.08. The van der Waals surface area contributed by atoms with Gasteiger partial charge in [0, 0.05) is 12.5 Å². The Morgan fingerprint density at radius 3 is 2.62 bits per heavy atom. The minimum Gasteiger partial charge on any atom is -0.389 e. The molecule has 1 spiro atoms. The second kappa shape index (κ2) is 1.96. The topological polar surface area (TPSA) is 29.5 Å². The second-order valence-electron chi connectivity index (χ2n) is 5.38. The van der Waals surface area contributed by atoms with E-state index in [0.717, 1.165) is 18.8 Å². The highest BCUT2D eigenvalue weighted by Crippen LogP contribution is 2.78. The molecule has 0 saturated heterocycles. The number of hydrogen-bond donors (Lipinski definition) is 1. The van der Waals surface area contributed by atoms with Crippen molar-refractivity contribution in [2.24, 2.45) is 11.3 Å². The third-order valence-electron chi connectivity index (χ3n) is 5.18. The zero-order valence-electron chi connectivity index (χ0n) is 8.47. The van der Waals surface area contributed by atoms with Crippen molar-refractivity contribution in [3.8, 4) is 0 Å². The third-order valence-corrected chi connectivity index (χ3v) is 5.18. The molecule has 13 heavy (non-hydrogen) atoms. The van der Waals surface area contributed by atoms with Gasteiger partial charge in [0.25, 0.3) is 0 Å². The average Bonchev–Trinajstić information content (AvgIpc) is 2.70. The maximum Gasteiger partial charge on any atom is 0.0766 e. The molecule has 0 aromatic carbocycles. The van der Waals surface area contributed by atoms with Gasteiger partial charge in [-0.2, -0.15) is 0 Å². The fraction of sp³-hybridized carbons (Fsp3) is 1.00. The molecular formula is C11H18O2. The highest BCUT2D eigenvalue weighted by molar-refractivity contribution is 5.30. The lowest BCUT2D eigenvalue weighted by Gasteiger charge is -2.36. The molecule has 3 saturated carbocycles. The van der Waals surface area contributed by atoms with E-state index in [9.17, 15) is 5.11 Å². The van der Waals surface area contributed by atoms with Crippen LogP contribution in [0.5, 0.6) is 0 Å². The van der Waals surface area contributed by atoms with Crippen LogP contribution in [0.3, 0.4) is 0 Å². The van der Waals surface area contributed by atoms with Crippen LogP contribution in [0.1, 0.15) is 39.0 Å². The van der Waals surface area contributed by atoms with Crippen molar-refractivity contribution in [2.45, 2.75) is 50.2 Å². The minimum absolute atomic E-state index is 0.0428. The fourth-order valence-corrected chi connectivity index (χ4v) is 4.42. The van der Waals surface area contributed by atoms with Gasteiger partial charge in [-0.15, -0.1) is 0 Å². The van der Waals surface area contributed by atoms with Crippen LogP contribution in [0.25, 0.3) is 0 Å². The Morgan fingerprint density at radius 1 is 1.31 bits per heavy atom. The van der Waals surface area contributed by atoms with Crippen molar-refractivity contribution in [1.82, 2.24) is 0 Å². The number of methoxy groups -OCH3 is 1. The summed E-state index contributed by atoms with van der Waals surface area (Å²) < 4.78 is 5.74.